The Labute approximate surface area is 124 Å². The van der Waals surface area contributed by atoms with E-state index in [0.717, 1.165) is 17.2 Å². The van der Waals surface area contributed by atoms with E-state index in [2.05, 4.69) is 0 Å². The molecule has 0 bridgehead atoms. The van der Waals surface area contributed by atoms with Gasteiger partial charge in [-0.25, -0.2) is 4.79 Å². The van der Waals surface area contributed by atoms with E-state index in [4.69, 9.17) is 9.84 Å². The number of benzene rings is 1. The average molecular weight is 291 g/mol. The SMILES string of the molecule is COCCCC(=O)N(C)Cc1cccc(/C=C/C(=O)O)c1. The van der Waals surface area contributed by atoms with Crippen molar-refractivity contribution in [3.05, 3.63) is 41.5 Å². The van der Waals surface area contributed by atoms with Crippen LogP contribution in [0.1, 0.15) is 24.0 Å². The maximum atomic E-state index is 11.9. The van der Waals surface area contributed by atoms with E-state index in [-0.39, 0.29) is 5.91 Å². The van der Waals surface area contributed by atoms with Gasteiger partial charge in [-0.2, -0.15) is 0 Å². The van der Waals surface area contributed by atoms with Crippen molar-refractivity contribution < 1.29 is 19.4 Å². The van der Waals surface area contributed by atoms with Crippen molar-refractivity contribution >= 4 is 18.0 Å². The molecule has 0 atom stereocenters. The lowest BCUT2D eigenvalue weighted by molar-refractivity contribution is -0.131. The number of nitrogens with zero attached hydrogens (tertiary/aromatic N) is 1. The third kappa shape index (κ3) is 6.72. The Morgan fingerprint density at radius 3 is 2.81 bits per heavy atom. The maximum absolute atomic E-state index is 11.9. The summed E-state index contributed by atoms with van der Waals surface area (Å²) in [5, 5.41) is 8.62. The monoisotopic (exact) mass is 291 g/mol. The molecule has 0 saturated carbocycles. The molecule has 0 spiro atoms. The van der Waals surface area contributed by atoms with Crippen molar-refractivity contribution in [2.45, 2.75) is 19.4 Å². The van der Waals surface area contributed by atoms with Gasteiger partial charge in [0, 0.05) is 39.8 Å². The van der Waals surface area contributed by atoms with Crippen LogP contribution in [0.3, 0.4) is 0 Å². The van der Waals surface area contributed by atoms with Gasteiger partial charge in [0.2, 0.25) is 5.91 Å². The molecule has 21 heavy (non-hydrogen) atoms. The van der Waals surface area contributed by atoms with E-state index >= 15 is 0 Å². The molecular weight excluding hydrogens is 270 g/mol. The molecule has 5 nitrogen and oxygen atoms in total. The van der Waals surface area contributed by atoms with Gasteiger partial charge in [0.25, 0.3) is 0 Å². The van der Waals surface area contributed by atoms with Crippen LogP contribution in [0.15, 0.2) is 30.3 Å². The summed E-state index contributed by atoms with van der Waals surface area (Å²) < 4.78 is 4.93. The van der Waals surface area contributed by atoms with Crippen LogP contribution in [0.4, 0.5) is 0 Å². The van der Waals surface area contributed by atoms with Crippen molar-refractivity contribution in [3.8, 4) is 0 Å². The zero-order valence-electron chi connectivity index (χ0n) is 12.4. The minimum absolute atomic E-state index is 0.0681. The van der Waals surface area contributed by atoms with Gasteiger partial charge in [-0.15, -0.1) is 0 Å². The summed E-state index contributed by atoms with van der Waals surface area (Å²) in [5.74, 6) is -0.913. The average Bonchev–Trinajstić information content (AvgIpc) is 2.45. The van der Waals surface area contributed by atoms with E-state index in [1.807, 2.05) is 24.3 Å². The molecule has 0 heterocycles. The van der Waals surface area contributed by atoms with Gasteiger partial charge in [0.05, 0.1) is 0 Å². The third-order valence-corrected chi connectivity index (χ3v) is 2.95. The number of aliphatic carboxylic acids is 1. The van der Waals surface area contributed by atoms with E-state index < -0.39 is 5.97 Å². The van der Waals surface area contributed by atoms with Crippen LogP contribution in [0.5, 0.6) is 0 Å². The van der Waals surface area contributed by atoms with Crippen molar-refractivity contribution in [2.75, 3.05) is 20.8 Å². The molecule has 0 aromatic heterocycles. The third-order valence-electron chi connectivity index (χ3n) is 2.95. The first-order valence-corrected chi connectivity index (χ1v) is 6.75. The number of hydrogen-bond acceptors (Lipinski definition) is 3. The first-order chi connectivity index (χ1) is 10.0. The van der Waals surface area contributed by atoms with Crippen LogP contribution in [0.2, 0.25) is 0 Å². The topological polar surface area (TPSA) is 66.8 Å². The fourth-order valence-corrected chi connectivity index (χ4v) is 1.88. The molecule has 0 fully saturated rings. The van der Waals surface area contributed by atoms with E-state index in [1.165, 1.54) is 6.08 Å². The summed E-state index contributed by atoms with van der Waals surface area (Å²) in [6.45, 7) is 1.08. The number of amides is 1. The molecule has 1 aromatic rings. The van der Waals surface area contributed by atoms with Gasteiger partial charge in [0.15, 0.2) is 0 Å². The summed E-state index contributed by atoms with van der Waals surface area (Å²) in [6, 6.07) is 7.46. The molecule has 0 saturated heterocycles. The van der Waals surface area contributed by atoms with Crippen LogP contribution in [-0.2, 0) is 20.9 Å². The summed E-state index contributed by atoms with van der Waals surface area (Å²) in [5.41, 5.74) is 1.76. The van der Waals surface area contributed by atoms with Crippen LogP contribution < -0.4 is 0 Å². The number of carboxylic acid groups (broad SMARTS) is 1. The molecule has 0 aliphatic rings. The highest BCUT2D eigenvalue weighted by molar-refractivity contribution is 5.85. The van der Waals surface area contributed by atoms with Gasteiger partial charge in [-0.05, 0) is 29.7 Å². The number of methoxy groups -OCH3 is 1. The van der Waals surface area contributed by atoms with Crippen LogP contribution in [0, 0.1) is 0 Å². The normalized spacial score (nSPS) is 10.8. The second kappa shape index (κ2) is 8.92. The lowest BCUT2D eigenvalue weighted by atomic mass is 10.1. The number of hydrogen-bond donors (Lipinski definition) is 1. The molecule has 0 radical (unpaired) electrons. The summed E-state index contributed by atoms with van der Waals surface area (Å²) in [6.07, 6.45) is 3.80. The van der Waals surface area contributed by atoms with Crippen molar-refractivity contribution in [3.63, 3.8) is 0 Å². The van der Waals surface area contributed by atoms with Crippen molar-refractivity contribution in [1.29, 1.82) is 0 Å². The van der Waals surface area contributed by atoms with E-state index in [0.29, 0.717) is 26.0 Å². The lowest BCUT2D eigenvalue weighted by Crippen LogP contribution is -2.26. The Hall–Kier alpha value is -2.14. The van der Waals surface area contributed by atoms with E-state index in [1.54, 1.807) is 19.1 Å². The fraction of sp³-hybridized carbons (Fsp3) is 0.375. The van der Waals surface area contributed by atoms with Gasteiger partial charge in [0.1, 0.15) is 0 Å². The number of carboxylic acids is 1. The Kier molecular flexibility index (Phi) is 7.18. The van der Waals surface area contributed by atoms with Crippen molar-refractivity contribution in [2.24, 2.45) is 0 Å². The van der Waals surface area contributed by atoms with Gasteiger partial charge in [-0.1, -0.05) is 18.2 Å². The number of carbonyl (C=O) groups is 2. The first-order valence-electron chi connectivity index (χ1n) is 6.75. The van der Waals surface area contributed by atoms with Crippen LogP contribution in [-0.4, -0.2) is 42.6 Å². The number of ether oxygens (including phenoxy) is 1. The summed E-state index contributed by atoms with van der Waals surface area (Å²) in [4.78, 5) is 24.1. The molecule has 1 amide bonds. The summed E-state index contributed by atoms with van der Waals surface area (Å²) >= 11 is 0. The molecular formula is C16H21NO4. The largest absolute Gasteiger partial charge is 0.478 e. The predicted molar refractivity (Wildman–Crippen MR) is 80.7 cm³/mol. The second-order valence-electron chi connectivity index (χ2n) is 4.76. The van der Waals surface area contributed by atoms with Gasteiger partial charge >= 0.3 is 5.97 Å². The molecule has 0 aliphatic heterocycles. The zero-order valence-corrected chi connectivity index (χ0v) is 12.4. The fourth-order valence-electron chi connectivity index (χ4n) is 1.88. The molecule has 0 aliphatic carbocycles. The molecule has 5 heteroatoms. The smallest absolute Gasteiger partial charge is 0.328 e. The Balaban J connectivity index is 2.59. The lowest BCUT2D eigenvalue weighted by Gasteiger charge is -2.17. The van der Waals surface area contributed by atoms with Gasteiger partial charge in [-0.3, -0.25) is 4.79 Å². The number of carbonyl (C=O) groups excluding carboxylic acids is 1. The Morgan fingerprint density at radius 2 is 2.14 bits per heavy atom. The minimum atomic E-state index is -0.981. The van der Waals surface area contributed by atoms with Crippen molar-refractivity contribution in [1.82, 2.24) is 4.90 Å². The highest BCUT2D eigenvalue weighted by Crippen LogP contribution is 2.10. The van der Waals surface area contributed by atoms with Crippen LogP contribution in [0.25, 0.3) is 6.08 Å². The minimum Gasteiger partial charge on any atom is -0.478 e. The maximum Gasteiger partial charge on any atom is 0.328 e. The zero-order chi connectivity index (χ0) is 15.7. The molecule has 1 aromatic carbocycles. The highest BCUT2D eigenvalue weighted by Gasteiger charge is 2.08. The first kappa shape index (κ1) is 16.9. The Morgan fingerprint density at radius 1 is 1.38 bits per heavy atom. The second-order valence-corrected chi connectivity index (χ2v) is 4.76. The summed E-state index contributed by atoms with van der Waals surface area (Å²) in [7, 11) is 3.37. The molecule has 1 rings (SSSR count). The van der Waals surface area contributed by atoms with E-state index in [9.17, 15) is 9.59 Å². The highest BCUT2D eigenvalue weighted by atomic mass is 16.5. The molecule has 0 unspecified atom stereocenters. The Bertz CT molecular complexity index is 511. The predicted octanol–water partition coefficient (Wildman–Crippen LogP) is 2.17. The van der Waals surface area contributed by atoms with Gasteiger partial charge < -0.3 is 14.7 Å². The molecule has 114 valence electrons. The van der Waals surface area contributed by atoms with Crippen LogP contribution >= 0.6 is 0 Å². The molecule has 1 N–H and O–H groups in total. The standard InChI is InChI=1S/C16H21NO4/c1-17(15(18)7-4-10-21-2)12-14-6-3-5-13(11-14)8-9-16(19)20/h3,5-6,8-9,11H,4,7,10,12H2,1-2H3,(H,19,20)/b9-8+. The quantitative estimate of drug-likeness (QED) is 0.589. The number of rotatable bonds is 8.